The van der Waals surface area contributed by atoms with Gasteiger partial charge in [0.1, 0.15) is 17.4 Å². The van der Waals surface area contributed by atoms with Gasteiger partial charge in [-0.2, -0.15) is 18.4 Å². The molecule has 90 valence electrons. The molecule has 1 N–H and O–H groups in total. The number of hydrogen-bond donors (Lipinski definition) is 1. The van der Waals surface area contributed by atoms with Crippen molar-refractivity contribution in [1.82, 2.24) is 0 Å². The zero-order valence-electron chi connectivity index (χ0n) is 8.50. The zero-order chi connectivity index (χ0) is 13.2. The van der Waals surface area contributed by atoms with Crippen LogP contribution in [0.25, 0.3) is 0 Å². The fourth-order valence-electron chi connectivity index (χ4n) is 1.26. The standard InChI is InChI=1S/C10H6F3NO3/c1-17-9(16)8-5(4-14)7(15)3-2-6(8)10(11,12)13/h2-3,15H,1H3. The third-order valence-electron chi connectivity index (χ3n) is 1.99. The summed E-state index contributed by atoms with van der Waals surface area (Å²) in [4.78, 5) is 11.2. The molecular weight excluding hydrogens is 239 g/mol. The quantitative estimate of drug-likeness (QED) is 0.769. The molecule has 0 saturated carbocycles. The highest BCUT2D eigenvalue weighted by Gasteiger charge is 2.38. The Morgan fingerprint density at radius 1 is 1.47 bits per heavy atom. The molecule has 0 aliphatic rings. The van der Waals surface area contributed by atoms with Crippen molar-refractivity contribution >= 4 is 5.97 Å². The van der Waals surface area contributed by atoms with E-state index in [2.05, 4.69) is 4.74 Å². The fraction of sp³-hybridized carbons (Fsp3) is 0.200. The first-order chi connectivity index (χ1) is 7.82. The second-order valence-electron chi connectivity index (χ2n) is 2.98. The number of aromatic hydroxyl groups is 1. The molecule has 0 amide bonds. The number of esters is 1. The minimum atomic E-state index is -4.82. The monoisotopic (exact) mass is 245 g/mol. The normalized spacial score (nSPS) is 10.8. The van der Waals surface area contributed by atoms with E-state index in [-0.39, 0.29) is 0 Å². The van der Waals surface area contributed by atoms with Crippen LogP contribution in [0.4, 0.5) is 13.2 Å². The van der Waals surface area contributed by atoms with E-state index in [4.69, 9.17) is 5.26 Å². The molecule has 0 aliphatic carbocycles. The molecule has 4 nitrogen and oxygen atoms in total. The summed E-state index contributed by atoms with van der Waals surface area (Å²) in [5, 5.41) is 17.9. The molecule has 17 heavy (non-hydrogen) atoms. The minimum absolute atomic E-state index is 0.516. The van der Waals surface area contributed by atoms with Crippen molar-refractivity contribution in [2.24, 2.45) is 0 Å². The lowest BCUT2D eigenvalue weighted by molar-refractivity contribution is -0.138. The summed E-state index contributed by atoms with van der Waals surface area (Å²) in [6.45, 7) is 0. The fourth-order valence-corrected chi connectivity index (χ4v) is 1.26. The number of nitriles is 1. The van der Waals surface area contributed by atoms with Crippen LogP contribution in [-0.2, 0) is 10.9 Å². The average Bonchev–Trinajstić information content (AvgIpc) is 2.25. The molecule has 0 bridgehead atoms. The highest BCUT2D eigenvalue weighted by atomic mass is 19.4. The molecule has 1 aromatic carbocycles. The van der Waals surface area contributed by atoms with Gasteiger partial charge in [-0.15, -0.1) is 0 Å². The van der Waals surface area contributed by atoms with Crippen molar-refractivity contribution in [2.45, 2.75) is 6.18 Å². The van der Waals surface area contributed by atoms with E-state index in [0.717, 1.165) is 7.11 Å². The molecule has 0 aliphatic heterocycles. The minimum Gasteiger partial charge on any atom is -0.507 e. The Bertz CT molecular complexity index is 503. The summed E-state index contributed by atoms with van der Waals surface area (Å²) in [5.41, 5.74) is -3.06. The Morgan fingerprint density at radius 3 is 2.47 bits per heavy atom. The van der Waals surface area contributed by atoms with Crippen molar-refractivity contribution in [3.05, 3.63) is 28.8 Å². The van der Waals surface area contributed by atoms with Crippen LogP contribution in [-0.4, -0.2) is 18.2 Å². The Balaban J connectivity index is 3.65. The van der Waals surface area contributed by atoms with Crippen LogP contribution in [0.2, 0.25) is 0 Å². The molecule has 0 saturated heterocycles. The first-order valence-electron chi connectivity index (χ1n) is 4.24. The number of benzene rings is 1. The lowest BCUT2D eigenvalue weighted by Gasteiger charge is -2.13. The molecule has 0 fully saturated rings. The Hall–Kier alpha value is -2.23. The lowest BCUT2D eigenvalue weighted by Crippen LogP contribution is -2.16. The number of phenols is 1. The molecule has 0 heterocycles. The summed E-state index contributed by atoms with van der Waals surface area (Å²) in [5.74, 6) is -2.04. The van der Waals surface area contributed by atoms with Crippen LogP contribution in [0.15, 0.2) is 12.1 Å². The number of methoxy groups -OCH3 is 1. The number of alkyl halides is 3. The van der Waals surface area contributed by atoms with E-state index in [0.29, 0.717) is 12.1 Å². The number of rotatable bonds is 1. The number of ether oxygens (including phenoxy) is 1. The van der Waals surface area contributed by atoms with Crippen LogP contribution >= 0.6 is 0 Å². The smallest absolute Gasteiger partial charge is 0.417 e. The van der Waals surface area contributed by atoms with E-state index in [1.807, 2.05) is 0 Å². The number of halogens is 3. The number of nitrogens with zero attached hydrogens (tertiary/aromatic N) is 1. The molecule has 7 heteroatoms. The van der Waals surface area contributed by atoms with Crippen molar-refractivity contribution in [3.63, 3.8) is 0 Å². The zero-order valence-corrected chi connectivity index (χ0v) is 8.50. The second kappa shape index (κ2) is 4.33. The van der Waals surface area contributed by atoms with Crippen LogP contribution in [0.1, 0.15) is 21.5 Å². The highest BCUT2D eigenvalue weighted by molar-refractivity contribution is 5.95. The van der Waals surface area contributed by atoms with E-state index < -0.39 is 34.6 Å². The van der Waals surface area contributed by atoms with Gasteiger partial charge >= 0.3 is 12.1 Å². The molecule has 0 radical (unpaired) electrons. The number of hydrogen-bond acceptors (Lipinski definition) is 4. The summed E-state index contributed by atoms with van der Waals surface area (Å²) >= 11 is 0. The van der Waals surface area contributed by atoms with Gasteiger partial charge in [-0.1, -0.05) is 0 Å². The third kappa shape index (κ3) is 2.30. The predicted molar refractivity (Wildman–Crippen MR) is 49.2 cm³/mol. The molecule has 0 atom stereocenters. The van der Waals surface area contributed by atoms with Crippen LogP contribution in [0, 0.1) is 11.3 Å². The molecule has 0 unspecified atom stereocenters. The molecule has 1 rings (SSSR count). The Morgan fingerprint density at radius 2 is 2.06 bits per heavy atom. The maximum absolute atomic E-state index is 12.6. The number of carbonyl (C=O) groups excluding carboxylic acids is 1. The van der Waals surface area contributed by atoms with Gasteiger partial charge in [0, 0.05) is 0 Å². The predicted octanol–water partition coefficient (Wildman–Crippen LogP) is 2.07. The van der Waals surface area contributed by atoms with Crippen LogP contribution in [0.3, 0.4) is 0 Å². The first kappa shape index (κ1) is 12.8. The van der Waals surface area contributed by atoms with Gasteiger partial charge in [-0.25, -0.2) is 4.79 Å². The molecule has 0 aromatic heterocycles. The van der Waals surface area contributed by atoms with Crippen molar-refractivity contribution in [2.75, 3.05) is 7.11 Å². The number of carbonyl (C=O) groups is 1. The van der Waals surface area contributed by atoms with Crippen molar-refractivity contribution in [1.29, 1.82) is 5.26 Å². The largest absolute Gasteiger partial charge is 0.507 e. The SMILES string of the molecule is COC(=O)c1c(C(F)(F)F)ccc(O)c1C#N. The molecular formula is C10H6F3NO3. The van der Waals surface area contributed by atoms with Gasteiger partial charge < -0.3 is 9.84 Å². The molecule has 1 aromatic rings. The second-order valence-corrected chi connectivity index (χ2v) is 2.98. The maximum atomic E-state index is 12.6. The van der Waals surface area contributed by atoms with Gasteiger partial charge in [0.25, 0.3) is 0 Å². The van der Waals surface area contributed by atoms with Gasteiger partial charge in [0.05, 0.1) is 18.2 Å². The van der Waals surface area contributed by atoms with Crippen LogP contribution < -0.4 is 0 Å². The summed E-state index contributed by atoms with van der Waals surface area (Å²) in [6.07, 6.45) is -4.82. The van der Waals surface area contributed by atoms with Crippen molar-refractivity contribution in [3.8, 4) is 11.8 Å². The van der Waals surface area contributed by atoms with E-state index in [1.54, 1.807) is 0 Å². The Kier molecular flexibility index (Phi) is 3.27. The van der Waals surface area contributed by atoms with Crippen molar-refractivity contribution < 1.29 is 27.8 Å². The summed E-state index contributed by atoms with van der Waals surface area (Å²) in [7, 11) is 0.883. The van der Waals surface area contributed by atoms with Gasteiger partial charge in [-0.3, -0.25) is 0 Å². The Labute approximate surface area is 93.8 Å². The maximum Gasteiger partial charge on any atom is 0.417 e. The van der Waals surface area contributed by atoms with E-state index in [1.165, 1.54) is 6.07 Å². The third-order valence-corrected chi connectivity index (χ3v) is 1.99. The van der Waals surface area contributed by atoms with E-state index in [9.17, 15) is 23.1 Å². The first-order valence-corrected chi connectivity index (χ1v) is 4.24. The topological polar surface area (TPSA) is 70.3 Å². The average molecular weight is 245 g/mol. The summed E-state index contributed by atoms with van der Waals surface area (Å²) in [6, 6.07) is 2.56. The summed E-state index contributed by atoms with van der Waals surface area (Å²) < 4.78 is 42.0. The van der Waals surface area contributed by atoms with Crippen LogP contribution in [0.5, 0.6) is 5.75 Å². The highest BCUT2D eigenvalue weighted by Crippen LogP contribution is 2.36. The van der Waals surface area contributed by atoms with E-state index >= 15 is 0 Å². The molecule has 0 spiro atoms. The number of phenolic OH excluding ortho intramolecular Hbond substituents is 1. The van der Waals surface area contributed by atoms with Gasteiger partial charge in [0.15, 0.2) is 0 Å². The van der Waals surface area contributed by atoms with Gasteiger partial charge in [-0.05, 0) is 12.1 Å². The van der Waals surface area contributed by atoms with Gasteiger partial charge in [0.2, 0.25) is 0 Å². The lowest BCUT2D eigenvalue weighted by atomic mass is 10.0.